The van der Waals surface area contributed by atoms with Crippen LogP contribution in [-0.4, -0.2) is 13.1 Å². The van der Waals surface area contributed by atoms with Crippen molar-refractivity contribution in [2.24, 2.45) is 0 Å². The maximum absolute atomic E-state index is 6.11. The molecule has 0 heterocycles. The molecule has 4 rings (SSSR count). The van der Waals surface area contributed by atoms with Crippen molar-refractivity contribution in [2.75, 3.05) is 13.1 Å². The molecular formula is C28H26Cl2N2. The highest BCUT2D eigenvalue weighted by Gasteiger charge is 2.15. The van der Waals surface area contributed by atoms with Crippen molar-refractivity contribution >= 4 is 23.2 Å². The number of rotatable bonds is 9. The summed E-state index contributed by atoms with van der Waals surface area (Å²) in [6.45, 7) is 1.61. The predicted octanol–water partition coefficient (Wildman–Crippen LogP) is 7.05. The average Bonchev–Trinajstić information content (AvgIpc) is 2.84. The Kier molecular flexibility index (Phi) is 7.97. The molecule has 0 aliphatic heterocycles. The monoisotopic (exact) mass is 460 g/mol. The van der Waals surface area contributed by atoms with E-state index in [4.69, 9.17) is 23.2 Å². The highest BCUT2D eigenvalue weighted by atomic mass is 35.5. The molecule has 2 unspecified atom stereocenters. The topological polar surface area (TPSA) is 24.1 Å². The Morgan fingerprint density at radius 3 is 1.09 bits per heavy atom. The van der Waals surface area contributed by atoms with Crippen LogP contribution in [0, 0.1) is 0 Å². The Morgan fingerprint density at radius 2 is 0.750 bits per heavy atom. The van der Waals surface area contributed by atoms with Crippen molar-refractivity contribution < 1.29 is 0 Å². The molecule has 162 valence electrons. The third-order valence-electron chi connectivity index (χ3n) is 5.49. The Bertz CT molecular complexity index is 991. The fraction of sp³-hybridized carbons (Fsp3) is 0.143. The molecule has 4 aromatic carbocycles. The molecule has 0 saturated heterocycles. The maximum atomic E-state index is 6.11. The molecule has 0 radical (unpaired) electrons. The molecule has 0 fully saturated rings. The summed E-state index contributed by atoms with van der Waals surface area (Å²) >= 11 is 12.2. The van der Waals surface area contributed by atoms with Gasteiger partial charge in [-0.05, 0) is 46.5 Å². The van der Waals surface area contributed by atoms with Crippen LogP contribution < -0.4 is 10.6 Å². The zero-order valence-corrected chi connectivity index (χ0v) is 19.2. The molecule has 2 nitrogen and oxygen atoms in total. The van der Waals surface area contributed by atoms with E-state index in [1.54, 1.807) is 0 Å². The highest BCUT2D eigenvalue weighted by molar-refractivity contribution is 6.30. The van der Waals surface area contributed by atoms with Gasteiger partial charge in [0.05, 0.1) is 12.1 Å². The van der Waals surface area contributed by atoms with Crippen LogP contribution in [0.15, 0.2) is 109 Å². The molecule has 2 N–H and O–H groups in total. The van der Waals surface area contributed by atoms with Gasteiger partial charge in [-0.1, -0.05) is 108 Å². The molecule has 0 saturated carbocycles. The van der Waals surface area contributed by atoms with Crippen molar-refractivity contribution in [3.05, 3.63) is 141 Å². The summed E-state index contributed by atoms with van der Waals surface area (Å²) in [4.78, 5) is 0. The number of hydrogen-bond acceptors (Lipinski definition) is 2. The lowest BCUT2D eigenvalue weighted by atomic mass is 9.98. The van der Waals surface area contributed by atoms with E-state index in [9.17, 15) is 0 Å². The second-order valence-corrected chi connectivity index (χ2v) is 8.57. The van der Waals surface area contributed by atoms with Crippen molar-refractivity contribution in [1.29, 1.82) is 0 Å². The van der Waals surface area contributed by atoms with Gasteiger partial charge in [0.15, 0.2) is 0 Å². The van der Waals surface area contributed by atoms with Crippen LogP contribution in [0.4, 0.5) is 0 Å². The standard InChI is InChI=1S/C28H26Cl2N2/c29-25-15-11-23(12-16-25)27(21-7-3-1-4-8-21)31-19-20-32-28(22-9-5-2-6-10-22)24-13-17-26(30)18-14-24/h1-18,27-28,31-32H,19-20H2. The molecule has 32 heavy (non-hydrogen) atoms. The first-order valence-corrected chi connectivity index (χ1v) is 11.5. The third-order valence-corrected chi connectivity index (χ3v) is 6.00. The summed E-state index contributed by atoms with van der Waals surface area (Å²) in [7, 11) is 0. The molecule has 0 amide bonds. The summed E-state index contributed by atoms with van der Waals surface area (Å²) in [6.07, 6.45) is 0. The van der Waals surface area contributed by atoms with Gasteiger partial charge in [-0.25, -0.2) is 0 Å². The summed E-state index contributed by atoms with van der Waals surface area (Å²) < 4.78 is 0. The van der Waals surface area contributed by atoms with E-state index in [2.05, 4.69) is 83.4 Å². The molecule has 0 aromatic heterocycles. The minimum atomic E-state index is 0.0981. The Morgan fingerprint density at radius 1 is 0.438 bits per heavy atom. The first-order valence-electron chi connectivity index (χ1n) is 10.8. The first-order chi connectivity index (χ1) is 15.7. The molecule has 2 atom stereocenters. The van der Waals surface area contributed by atoms with Crippen molar-refractivity contribution in [1.82, 2.24) is 10.6 Å². The summed E-state index contributed by atoms with van der Waals surface area (Å²) in [5.74, 6) is 0. The predicted molar refractivity (Wildman–Crippen MR) is 135 cm³/mol. The number of halogens is 2. The van der Waals surface area contributed by atoms with Gasteiger partial charge in [0.2, 0.25) is 0 Å². The Labute approximate surface area is 200 Å². The van der Waals surface area contributed by atoms with Gasteiger partial charge in [-0.3, -0.25) is 0 Å². The summed E-state index contributed by atoms with van der Waals surface area (Å²) in [6, 6.07) is 37.3. The minimum Gasteiger partial charge on any atom is -0.305 e. The van der Waals surface area contributed by atoms with E-state index in [-0.39, 0.29) is 12.1 Å². The van der Waals surface area contributed by atoms with E-state index in [1.165, 1.54) is 22.3 Å². The quantitative estimate of drug-likeness (QED) is 0.261. The van der Waals surface area contributed by atoms with E-state index in [1.807, 2.05) is 36.4 Å². The molecular weight excluding hydrogens is 435 g/mol. The van der Waals surface area contributed by atoms with Gasteiger partial charge >= 0.3 is 0 Å². The lowest BCUT2D eigenvalue weighted by Gasteiger charge is -2.23. The molecule has 0 aliphatic rings. The number of nitrogens with one attached hydrogen (secondary N) is 2. The van der Waals surface area contributed by atoms with Crippen LogP contribution in [0.5, 0.6) is 0 Å². The van der Waals surface area contributed by atoms with Crippen LogP contribution in [-0.2, 0) is 0 Å². The van der Waals surface area contributed by atoms with Gasteiger partial charge in [0.1, 0.15) is 0 Å². The van der Waals surface area contributed by atoms with Gasteiger partial charge in [0.25, 0.3) is 0 Å². The largest absolute Gasteiger partial charge is 0.305 e. The average molecular weight is 461 g/mol. The lowest BCUT2D eigenvalue weighted by molar-refractivity contribution is 0.537. The van der Waals surface area contributed by atoms with E-state index in [0.29, 0.717) is 0 Å². The van der Waals surface area contributed by atoms with Crippen LogP contribution in [0.1, 0.15) is 34.3 Å². The number of hydrogen-bond donors (Lipinski definition) is 2. The number of benzene rings is 4. The third kappa shape index (κ3) is 5.99. The highest BCUT2D eigenvalue weighted by Crippen LogP contribution is 2.25. The molecule has 4 aromatic rings. The van der Waals surface area contributed by atoms with Gasteiger partial charge in [-0.15, -0.1) is 0 Å². The van der Waals surface area contributed by atoms with E-state index >= 15 is 0 Å². The Hall–Kier alpha value is -2.62. The normalized spacial score (nSPS) is 12.9. The van der Waals surface area contributed by atoms with Gasteiger partial charge in [0, 0.05) is 23.1 Å². The summed E-state index contributed by atoms with van der Waals surface area (Å²) in [5.41, 5.74) is 4.84. The van der Waals surface area contributed by atoms with Crippen LogP contribution in [0.2, 0.25) is 10.0 Å². The van der Waals surface area contributed by atoms with Crippen molar-refractivity contribution in [3.8, 4) is 0 Å². The Balaban J connectivity index is 1.46. The fourth-order valence-corrected chi connectivity index (χ4v) is 4.14. The molecule has 0 spiro atoms. The second kappa shape index (κ2) is 11.3. The zero-order valence-electron chi connectivity index (χ0n) is 17.7. The first kappa shape index (κ1) is 22.6. The molecule has 0 bridgehead atoms. The van der Waals surface area contributed by atoms with Gasteiger partial charge in [-0.2, -0.15) is 0 Å². The fourth-order valence-electron chi connectivity index (χ4n) is 3.89. The maximum Gasteiger partial charge on any atom is 0.0577 e. The minimum absolute atomic E-state index is 0.0981. The smallest absolute Gasteiger partial charge is 0.0577 e. The zero-order chi connectivity index (χ0) is 22.2. The summed E-state index contributed by atoms with van der Waals surface area (Å²) in [5, 5.41) is 8.92. The molecule has 0 aliphatic carbocycles. The van der Waals surface area contributed by atoms with Crippen LogP contribution >= 0.6 is 23.2 Å². The van der Waals surface area contributed by atoms with E-state index < -0.39 is 0 Å². The van der Waals surface area contributed by atoms with E-state index in [0.717, 1.165) is 23.1 Å². The lowest BCUT2D eigenvalue weighted by Crippen LogP contribution is -2.33. The van der Waals surface area contributed by atoms with Crippen LogP contribution in [0.25, 0.3) is 0 Å². The van der Waals surface area contributed by atoms with Gasteiger partial charge < -0.3 is 10.6 Å². The molecule has 4 heteroatoms. The van der Waals surface area contributed by atoms with Crippen LogP contribution in [0.3, 0.4) is 0 Å². The second-order valence-electron chi connectivity index (χ2n) is 7.70. The van der Waals surface area contributed by atoms with Crippen molar-refractivity contribution in [3.63, 3.8) is 0 Å². The van der Waals surface area contributed by atoms with Crippen molar-refractivity contribution in [2.45, 2.75) is 12.1 Å². The SMILES string of the molecule is Clc1ccc(C(NCCNC(c2ccccc2)c2ccc(Cl)cc2)c2ccccc2)cc1.